The Morgan fingerprint density at radius 3 is 2.59 bits per heavy atom. The van der Waals surface area contributed by atoms with Crippen LogP contribution in [0.2, 0.25) is 5.15 Å². The van der Waals surface area contributed by atoms with Gasteiger partial charge in [-0.05, 0) is 45.7 Å². The van der Waals surface area contributed by atoms with Crippen LogP contribution in [0.3, 0.4) is 0 Å². The predicted molar refractivity (Wildman–Crippen MR) is 84.9 cm³/mol. The van der Waals surface area contributed by atoms with Crippen LogP contribution in [0.4, 0.5) is 4.79 Å². The van der Waals surface area contributed by atoms with Crippen LogP contribution in [0.25, 0.3) is 0 Å². The highest BCUT2D eigenvalue weighted by Crippen LogP contribution is 2.27. The van der Waals surface area contributed by atoms with Crippen LogP contribution in [-0.4, -0.2) is 45.4 Å². The van der Waals surface area contributed by atoms with Crippen molar-refractivity contribution in [3.05, 3.63) is 29.0 Å². The summed E-state index contributed by atoms with van der Waals surface area (Å²) in [5.41, 5.74) is -0.591. The van der Waals surface area contributed by atoms with Crippen molar-refractivity contribution < 1.29 is 14.6 Å². The minimum Gasteiger partial charge on any atom is -0.444 e. The molecule has 6 heteroatoms. The first-order valence-corrected chi connectivity index (χ1v) is 7.86. The van der Waals surface area contributed by atoms with Crippen molar-refractivity contribution in [1.29, 1.82) is 0 Å². The summed E-state index contributed by atoms with van der Waals surface area (Å²) in [5.74, 6) is 0. The number of likely N-dealkylation sites (tertiary alicyclic amines) is 1. The van der Waals surface area contributed by atoms with Crippen molar-refractivity contribution in [2.45, 2.75) is 51.2 Å². The molecule has 2 heterocycles. The molecule has 0 saturated carbocycles. The normalized spacial score (nSPS) is 18.1. The minimum atomic E-state index is -0.851. The summed E-state index contributed by atoms with van der Waals surface area (Å²) in [5, 5.41) is 11.1. The first-order valence-electron chi connectivity index (χ1n) is 7.49. The Balaban J connectivity index is 1.91. The van der Waals surface area contributed by atoms with Crippen molar-refractivity contribution in [2.24, 2.45) is 0 Å². The quantitative estimate of drug-likeness (QED) is 0.848. The number of ether oxygens (including phenoxy) is 1. The third-order valence-electron chi connectivity index (χ3n) is 3.63. The molecule has 1 N–H and O–H groups in total. The lowest BCUT2D eigenvalue weighted by molar-refractivity contribution is -0.0319. The number of hydrogen-bond donors (Lipinski definition) is 1. The Labute approximate surface area is 136 Å². The van der Waals surface area contributed by atoms with Crippen molar-refractivity contribution >= 4 is 17.7 Å². The fraction of sp³-hybridized carbons (Fsp3) is 0.625. The van der Waals surface area contributed by atoms with Gasteiger partial charge in [-0.3, -0.25) is 0 Å². The maximum absolute atomic E-state index is 12.0. The first-order chi connectivity index (χ1) is 10.2. The third-order valence-corrected chi connectivity index (χ3v) is 3.84. The highest BCUT2D eigenvalue weighted by atomic mass is 35.5. The van der Waals surface area contributed by atoms with E-state index in [1.807, 2.05) is 32.9 Å². The molecule has 22 heavy (non-hydrogen) atoms. The molecule has 1 aromatic heterocycles. The summed E-state index contributed by atoms with van der Waals surface area (Å²) in [7, 11) is 0. The lowest BCUT2D eigenvalue weighted by Crippen LogP contribution is -2.49. The largest absolute Gasteiger partial charge is 0.444 e. The number of amides is 1. The topological polar surface area (TPSA) is 62.7 Å². The Kier molecular flexibility index (Phi) is 4.97. The van der Waals surface area contributed by atoms with E-state index in [1.54, 1.807) is 11.0 Å². The average molecular weight is 327 g/mol. The zero-order chi connectivity index (χ0) is 16.4. The maximum atomic E-state index is 12.0. The summed E-state index contributed by atoms with van der Waals surface area (Å²) < 4.78 is 5.35. The SMILES string of the molecule is CC(C)(C)OC(=O)N1CCC(O)(Cc2cccc(Cl)n2)CC1. The number of aromatic nitrogens is 1. The summed E-state index contributed by atoms with van der Waals surface area (Å²) in [6, 6.07) is 5.38. The van der Waals surface area contributed by atoms with E-state index in [0.29, 0.717) is 37.5 Å². The lowest BCUT2D eigenvalue weighted by atomic mass is 9.87. The van der Waals surface area contributed by atoms with Crippen LogP contribution >= 0.6 is 11.6 Å². The van der Waals surface area contributed by atoms with Gasteiger partial charge < -0.3 is 14.7 Å². The molecule has 1 aromatic rings. The van der Waals surface area contributed by atoms with Gasteiger partial charge in [0, 0.05) is 25.2 Å². The molecule has 0 unspecified atom stereocenters. The number of rotatable bonds is 2. The van der Waals surface area contributed by atoms with E-state index in [2.05, 4.69) is 4.98 Å². The van der Waals surface area contributed by atoms with Crippen LogP contribution in [0.5, 0.6) is 0 Å². The molecule has 5 nitrogen and oxygen atoms in total. The van der Waals surface area contributed by atoms with Crippen molar-refractivity contribution in [3.8, 4) is 0 Å². The minimum absolute atomic E-state index is 0.324. The standard InChI is InChI=1S/C16H23ClN2O3/c1-15(2,3)22-14(20)19-9-7-16(21,8-10-19)11-12-5-4-6-13(17)18-12/h4-6,21H,7-11H2,1-3H3. The fourth-order valence-corrected chi connectivity index (χ4v) is 2.68. The Bertz CT molecular complexity index is 534. The molecular weight excluding hydrogens is 304 g/mol. The molecule has 1 aliphatic rings. The molecule has 1 aliphatic heterocycles. The second-order valence-electron chi connectivity index (χ2n) is 6.82. The van der Waals surface area contributed by atoms with Crippen LogP contribution in [0.1, 0.15) is 39.3 Å². The van der Waals surface area contributed by atoms with Gasteiger partial charge in [0.2, 0.25) is 0 Å². The number of hydrogen-bond acceptors (Lipinski definition) is 4. The number of aliphatic hydroxyl groups is 1. The molecule has 1 amide bonds. The van der Waals surface area contributed by atoms with Gasteiger partial charge in [0.15, 0.2) is 0 Å². The maximum Gasteiger partial charge on any atom is 0.410 e. The third kappa shape index (κ3) is 4.85. The molecule has 0 spiro atoms. The van der Waals surface area contributed by atoms with Crippen LogP contribution in [-0.2, 0) is 11.2 Å². The smallest absolute Gasteiger partial charge is 0.410 e. The lowest BCUT2D eigenvalue weighted by Gasteiger charge is -2.38. The number of pyridine rings is 1. The van der Waals surface area contributed by atoms with E-state index in [0.717, 1.165) is 5.69 Å². The van der Waals surface area contributed by atoms with Gasteiger partial charge in [-0.25, -0.2) is 9.78 Å². The number of piperidine rings is 1. The molecule has 1 fully saturated rings. The van der Waals surface area contributed by atoms with E-state index in [-0.39, 0.29) is 6.09 Å². The van der Waals surface area contributed by atoms with E-state index in [9.17, 15) is 9.90 Å². The second-order valence-corrected chi connectivity index (χ2v) is 7.21. The Hall–Kier alpha value is -1.33. The van der Waals surface area contributed by atoms with Gasteiger partial charge in [0.05, 0.1) is 5.60 Å². The van der Waals surface area contributed by atoms with Crippen LogP contribution in [0.15, 0.2) is 18.2 Å². The highest BCUT2D eigenvalue weighted by Gasteiger charge is 2.35. The number of halogens is 1. The van der Waals surface area contributed by atoms with Crippen molar-refractivity contribution in [2.75, 3.05) is 13.1 Å². The molecule has 0 aliphatic carbocycles. The van der Waals surface area contributed by atoms with Crippen molar-refractivity contribution in [1.82, 2.24) is 9.88 Å². The summed E-state index contributed by atoms with van der Waals surface area (Å²) in [6.07, 6.45) is 1.12. The average Bonchev–Trinajstić information content (AvgIpc) is 2.36. The van der Waals surface area contributed by atoms with E-state index in [4.69, 9.17) is 16.3 Å². The summed E-state index contributed by atoms with van der Waals surface area (Å²) >= 11 is 5.87. The van der Waals surface area contributed by atoms with E-state index >= 15 is 0 Å². The highest BCUT2D eigenvalue weighted by molar-refractivity contribution is 6.29. The second kappa shape index (κ2) is 6.42. The van der Waals surface area contributed by atoms with Gasteiger partial charge in [-0.2, -0.15) is 0 Å². The molecular formula is C16H23ClN2O3. The first kappa shape index (κ1) is 17.0. The van der Waals surface area contributed by atoms with Crippen LogP contribution < -0.4 is 0 Å². The molecule has 0 atom stereocenters. The Morgan fingerprint density at radius 2 is 2.05 bits per heavy atom. The molecule has 122 valence electrons. The fourth-order valence-electron chi connectivity index (χ4n) is 2.49. The zero-order valence-electron chi connectivity index (χ0n) is 13.3. The predicted octanol–water partition coefficient (Wildman–Crippen LogP) is 3.04. The van der Waals surface area contributed by atoms with E-state index in [1.165, 1.54) is 0 Å². The van der Waals surface area contributed by atoms with Gasteiger partial charge in [-0.1, -0.05) is 17.7 Å². The molecule has 0 aromatic carbocycles. The molecule has 2 rings (SSSR count). The van der Waals surface area contributed by atoms with Gasteiger partial charge in [-0.15, -0.1) is 0 Å². The van der Waals surface area contributed by atoms with Gasteiger partial charge in [0.1, 0.15) is 10.8 Å². The molecule has 1 saturated heterocycles. The number of carbonyl (C=O) groups is 1. The van der Waals surface area contributed by atoms with Gasteiger partial charge >= 0.3 is 6.09 Å². The van der Waals surface area contributed by atoms with E-state index < -0.39 is 11.2 Å². The van der Waals surface area contributed by atoms with Crippen LogP contribution in [0, 0.1) is 0 Å². The Morgan fingerprint density at radius 1 is 1.41 bits per heavy atom. The monoisotopic (exact) mass is 326 g/mol. The van der Waals surface area contributed by atoms with Gasteiger partial charge in [0.25, 0.3) is 0 Å². The van der Waals surface area contributed by atoms with Crippen molar-refractivity contribution in [3.63, 3.8) is 0 Å². The summed E-state index contributed by atoms with van der Waals surface area (Å²) in [6.45, 7) is 6.49. The number of nitrogens with zero attached hydrogens (tertiary/aromatic N) is 2. The molecule has 0 radical (unpaired) electrons. The summed E-state index contributed by atoms with van der Waals surface area (Å²) in [4.78, 5) is 17.9. The number of carbonyl (C=O) groups excluding carboxylic acids is 1. The molecule has 0 bridgehead atoms. The zero-order valence-corrected chi connectivity index (χ0v) is 14.1.